The third-order valence-electron chi connectivity index (χ3n) is 3.64. The zero-order valence-corrected chi connectivity index (χ0v) is 13.4. The minimum Gasteiger partial charge on any atom is -0.347 e. The van der Waals surface area contributed by atoms with Crippen LogP contribution in [0.4, 0.5) is 0 Å². The van der Waals surface area contributed by atoms with Crippen LogP contribution in [0, 0.1) is 6.92 Å². The number of aromatic nitrogens is 3. The van der Waals surface area contributed by atoms with Crippen molar-refractivity contribution in [3.05, 3.63) is 62.2 Å². The topological polar surface area (TPSA) is 96.9 Å². The Balaban J connectivity index is 2.14. The van der Waals surface area contributed by atoms with E-state index in [-0.39, 0.29) is 23.9 Å². The van der Waals surface area contributed by atoms with E-state index in [9.17, 15) is 14.4 Å². The Morgan fingerprint density at radius 1 is 1.43 bits per heavy atom. The van der Waals surface area contributed by atoms with E-state index in [1.807, 2.05) is 26.0 Å². The average molecular weight is 316 g/mol. The van der Waals surface area contributed by atoms with E-state index in [1.54, 1.807) is 6.20 Å². The molecule has 0 radical (unpaired) electrons. The fourth-order valence-corrected chi connectivity index (χ4v) is 2.30. The predicted molar refractivity (Wildman–Crippen MR) is 86.2 cm³/mol. The lowest BCUT2D eigenvalue weighted by atomic mass is 10.1. The maximum absolute atomic E-state index is 12.2. The smallest absolute Gasteiger partial charge is 0.328 e. The Labute approximate surface area is 133 Å². The van der Waals surface area contributed by atoms with Gasteiger partial charge in [-0.15, -0.1) is 0 Å². The fraction of sp³-hybridized carbons (Fsp3) is 0.375. The summed E-state index contributed by atoms with van der Waals surface area (Å²) in [4.78, 5) is 42.2. The molecule has 1 amide bonds. The van der Waals surface area contributed by atoms with Crippen LogP contribution in [0.3, 0.4) is 0 Å². The maximum atomic E-state index is 12.2. The van der Waals surface area contributed by atoms with Crippen LogP contribution in [0.2, 0.25) is 0 Å². The number of rotatable bonds is 5. The highest BCUT2D eigenvalue weighted by Crippen LogP contribution is 2.15. The number of nitrogens with one attached hydrogen (secondary N) is 2. The number of aromatic amines is 1. The fourth-order valence-electron chi connectivity index (χ4n) is 2.30. The largest absolute Gasteiger partial charge is 0.347 e. The van der Waals surface area contributed by atoms with Crippen molar-refractivity contribution >= 4 is 5.91 Å². The number of aryl methyl sites for hydroxylation is 1. The summed E-state index contributed by atoms with van der Waals surface area (Å²) in [6.07, 6.45) is 3.59. The van der Waals surface area contributed by atoms with Crippen molar-refractivity contribution in [1.29, 1.82) is 0 Å². The predicted octanol–water partition coefficient (Wildman–Crippen LogP) is 0.587. The summed E-state index contributed by atoms with van der Waals surface area (Å²) >= 11 is 0. The molecule has 1 unspecified atom stereocenters. The molecule has 0 aromatic carbocycles. The molecular formula is C16H20N4O3. The number of carbonyl (C=O) groups is 1. The van der Waals surface area contributed by atoms with Crippen molar-refractivity contribution in [1.82, 2.24) is 19.9 Å². The van der Waals surface area contributed by atoms with E-state index >= 15 is 0 Å². The second-order valence-corrected chi connectivity index (χ2v) is 5.45. The van der Waals surface area contributed by atoms with Crippen molar-refractivity contribution in [2.45, 2.75) is 32.7 Å². The van der Waals surface area contributed by atoms with Gasteiger partial charge in [0.15, 0.2) is 0 Å². The molecule has 122 valence electrons. The highest BCUT2D eigenvalue weighted by atomic mass is 16.2. The summed E-state index contributed by atoms with van der Waals surface area (Å²) < 4.78 is 0.946. The first kappa shape index (κ1) is 16.7. The summed E-state index contributed by atoms with van der Waals surface area (Å²) in [7, 11) is 1.37. The molecule has 0 aliphatic heterocycles. The van der Waals surface area contributed by atoms with Gasteiger partial charge in [0.05, 0.1) is 18.2 Å². The van der Waals surface area contributed by atoms with Crippen molar-refractivity contribution in [2.24, 2.45) is 7.05 Å². The Bertz CT molecular complexity index is 823. The van der Waals surface area contributed by atoms with Crippen LogP contribution in [-0.2, 0) is 18.3 Å². The lowest BCUT2D eigenvalue weighted by Gasteiger charge is -2.17. The second-order valence-electron chi connectivity index (χ2n) is 5.45. The lowest BCUT2D eigenvalue weighted by Crippen LogP contribution is -2.37. The molecule has 7 nitrogen and oxygen atoms in total. The monoisotopic (exact) mass is 316 g/mol. The lowest BCUT2D eigenvalue weighted by molar-refractivity contribution is -0.121. The van der Waals surface area contributed by atoms with Gasteiger partial charge in [0, 0.05) is 25.0 Å². The third-order valence-corrected chi connectivity index (χ3v) is 3.64. The van der Waals surface area contributed by atoms with E-state index < -0.39 is 11.2 Å². The van der Waals surface area contributed by atoms with E-state index in [2.05, 4.69) is 15.3 Å². The molecule has 0 saturated heterocycles. The van der Waals surface area contributed by atoms with Crippen LogP contribution in [-0.4, -0.2) is 20.4 Å². The molecule has 0 aliphatic rings. The number of hydrogen-bond acceptors (Lipinski definition) is 4. The molecule has 2 N–H and O–H groups in total. The van der Waals surface area contributed by atoms with E-state index in [4.69, 9.17) is 0 Å². The molecule has 23 heavy (non-hydrogen) atoms. The molecule has 2 heterocycles. The SMILES string of the molecule is CCC(NC(=O)Cc1c[nH]c(=O)n(C)c1=O)c1cc(C)ccn1. The average Bonchev–Trinajstić information content (AvgIpc) is 2.53. The highest BCUT2D eigenvalue weighted by molar-refractivity contribution is 5.78. The highest BCUT2D eigenvalue weighted by Gasteiger charge is 2.16. The molecule has 7 heteroatoms. The van der Waals surface area contributed by atoms with Crippen molar-refractivity contribution in [3.8, 4) is 0 Å². The van der Waals surface area contributed by atoms with E-state index in [1.165, 1.54) is 13.2 Å². The van der Waals surface area contributed by atoms with Gasteiger partial charge < -0.3 is 10.3 Å². The first-order chi connectivity index (χ1) is 10.9. The molecule has 0 aliphatic carbocycles. The second kappa shape index (κ2) is 7.04. The molecule has 0 spiro atoms. The molecule has 2 rings (SSSR count). The minimum absolute atomic E-state index is 0.0915. The molecule has 0 fully saturated rings. The zero-order chi connectivity index (χ0) is 17.0. The number of amides is 1. The Morgan fingerprint density at radius 3 is 2.83 bits per heavy atom. The van der Waals surface area contributed by atoms with E-state index in [0.29, 0.717) is 6.42 Å². The van der Waals surface area contributed by atoms with Gasteiger partial charge in [-0.2, -0.15) is 0 Å². The van der Waals surface area contributed by atoms with Crippen molar-refractivity contribution in [3.63, 3.8) is 0 Å². The van der Waals surface area contributed by atoms with Crippen molar-refractivity contribution < 1.29 is 4.79 Å². The molecular weight excluding hydrogens is 296 g/mol. The van der Waals surface area contributed by atoms with Crippen LogP contribution in [0.25, 0.3) is 0 Å². The quantitative estimate of drug-likeness (QED) is 0.843. The minimum atomic E-state index is -0.505. The Hall–Kier alpha value is -2.70. The van der Waals surface area contributed by atoms with Gasteiger partial charge >= 0.3 is 5.69 Å². The summed E-state index contributed by atoms with van der Waals surface area (Å²) in [6.45, 7) is 3.91. The molecule has 0 saturated carbocycles. The first-order valence-electron chi connectivity index (χ1n) is 7.42. The van der Waals surface area contributed by atoms with Gasteiger partial charge in [-0.3, -0.25) is 19.1 Å². The van der Waals surface area contributed by atoms with Gasteiger partial charge in [-0.1, -0.05) is 6.92 Å². The number of pyridine rings is 1. The molecule has 2 aromatic rings. The molecule has 1 atom stereocenters. The normalized spacial score (nSPS) is 12.0. The Kier molecular flexibility index (Phi) is 5.10. The molecule has 0 bridgehead atoms. The third kappa shape index (κ3) is 3.94. The van der Waals surface area contributed by atoms with Crippen LogP contribution in [0.1, 0.15) is 36.2 Å². The van der Waals surface area contributed by atoms with Gasteiger partial charge in [-0.25, -0.2) is 4.79 Å². The van der Waals surface area contributed by atoms with Gasteiger partial charge in [0.25, 0.3) is 5.56 Å². The summed E-state index contributed by atoms with van der Waals surface area (Å²) in [5.74, 6) is -0.288. The molecule has 2 aromatic heterocycles. The van der Waals surface area contributed by atoms with Crippen LogP contribution in [0.5, 0.6) is 0 Å². The summed E-state index contributed by atoms with van der Waals surface area (Å²) in [5, 5.41) is 2.88. The maximum Gasteiger partial charge on any atom is 0.328 e. The van der Waals surface area contributed by atoms with Gasteiger partial charge in [0.2, 0.25) is 5.91 Å². The number of nitrogens with zero attached hydrogens (tertiary/aromatic N) is 2. The summed E-state index contributed by atoms with van der Waals surface area (Å²) in [6, 6.07) is 3.60. The van der Waals surface area contributed by atoms with E-state index in [0.717, 1.165) is 15.8 Å². The summed E-state index contributed by atoms with van der Waals surface area (Å²) in [5.41, 5.74) is 1.13. The number of H-pyrrole nitrogens is 1. The number of carbonyl (C=O) groups excluding carboxylic acids is 1. The van der Waals surface area contributed by atoms with Crippen LogP contribution in [0.15, 0.2) is 34.1 Å². The zero-order valence-electron chi connectivity index (χ0n) is 13.4. The standard InChI is InChI=1S/C16H20N4O3/c1-4-12(13-7-10(2)5-6-17-13)19-14(21)8-11-9-18-16(23)20(3)15(11)22/h5-7,9,12H,4,8H2,1-3H3,(H,18,23)(H,19,21). The van der Waals surface area contributed by atoms with Gasteiger partial charge in [0.1, 0.15) is 0 Å². The van der Waals surface area contributed by atoms with Gasteiger partial charge in [-0.05, 0) is 31.0 Å². The van der Waals surface area contributed by atoms with Crippen molar-refractivity contribution in [2.75, 3.05) is 0 Å². The van der Waals surface area contributed by atoms with Crippen LogP contribution >= 0.6 is 0 Å². The number of hydrogen-bond donors (Lipinski definition) is 2. The Morgan fingerprint density at radius 2 is 2.17 bits per heavy atom. The first-order valence-corrected chi connectivity index (χ1v) is 7.42. The van der Waals surface area contributed by atoms with Crippen LogP contribution < -0.4 is 16.6 Å².